The molecule has 2 rings (SSSR count). The Hall–Kier alpha value is -2.06. The molecule has 0 atom stereocenters. The normalized spacial score (nSPS) is 11.1. The fourth-order valence-corrected chi connectivity index (χ4v) is 2.80. The van der Waals surface area contributed by atoms with E-state index in [1.807, 2.05) is 22.6 Å². The molecule has 1 heterocycles. The van der Waals surface area contributed by atoms with E-state index in [0.29, 0.717) is 3.57 Å². The van der Waals surface area contributed by atoms with Crippen molar-refractivity contribution in [2.45, 2.75) is 26.4 Å². The number of hydrogen-bond donors (Lipinski definition) is 1. The molecule has 25 heavy (non-hydrogen) atoms. The van der Waals surface area contributed by atoms with Crippen LogP contribution >= 0.6 is 22.6 Å². The van der Waals surface area contributed by atoms with Crippen LogP contribution < -0.4 is 5.32 Å². The van der Waals surface area contributed by atoms with E-state index in [9.17, 15) is 18.0 Å². The summed E-state index contributed by atoms with van der Waals surface area (Å²) in [6, 6.07) is 1.27. The highest BCUT2D eigenvalue weighted by molar-refractivity contribution is 14.1. The van der Waals surface area contributed by atoms with Crippen molar-refractivity contribution >= 4 is 40.3 Å². The highest BCUT2D eigenvalue weighted by atomic mass is 127. The zero-order valence-electron chi connectivity index (χ0n) is 13.5. The van der Waals surface area contributed by atoms with Gasteiger partial charge in [0.05, 0.1) is 26.7 Å². The SMILES string of the molecule is C=C=Cc1c(NC(=O)CC)cc(-n2cc(I)cn2)c(C(F)(F)F)c1C. The van der Waals surface area contributed by atoms with Crippen molar-refractivity contribution in [1.29, 1.82) is 0 Å². The molecule has 0 aliphatic rings. The van der Waals surface area contributed by atoms with Crippen LogP contribution in [0, 0.1) is 10.5 Å². The predicted molar refractivity (Wildman–Crippen MR) is 98.5 cm³/mol. The van der Waals surface area contributed by atoms with Crippen LogP contribution in [0.5, 0.6) is 0 Å². The second-order valence-corrected chi connectivity index (χ2v) is 6.45. The largest absolute Gasteiger partial charge is 0.418 e. The van der Waals surface area contributed by atoms with Gasteiger partial charge in [-0.2, -0.15) is 18.3 Å². The molecule has 0 aliphatic carbocycles. The number of benzene rings is 1. The number of alkyl halides is 3. The molecule has 0 fully saturated rings. The van der Waals surface area contributed by atoms with E-state index in [1.165, 1.54) is 31.5 Å². The van der Waals surface area contributed by atoms with E-state index < -0.39 is 11.7 Å². The van der Waals surface area contributed by atoms with Gasteiger partial charge in [0.1, 0.15) is 0 Å². The van der Waals surface area contributed by atoms with Gasteiger partial charge in [0.25, 0.3) is 0 Å². The van der Waals surface area contributed by atoms with Crippen molar-refractivity contribution in [3.63, 3.8) is 0 Å². The lowest BCUT2D eigenvalue weighted by Gasteiger charge is -2.20. The van der Waals surface area contributed by atoms with Crippen LogP contribution in [0.4, 0.5) is 18.9 Å². The van der Waals surface area contributed by atoms with E-state index in [4.69, 9.17) is 0 Å². The van der Waals surface area contributed by atoms with E-state index in [0.717, 1.165) is 4.68 Å². The van der Waals surface area contributed by atoms with Crippen LogP contribution in [0.3, 0.4) is 0 Å². The molecule has 0 saturated carbocycles. The third-order valence-electron chi connectivity index (χ3n) is 3.53. The Morgan fingerprint density at radius 2 is 2.20 bits per heavy atom. The first-order chi connectivity index (χ1) is 11.7. The first-order valence-corrected chi connectivity index (χ1v) is 8.38. The number of rotatable bonds is 4. The number of nitrogens with zero attached hydrogens (tertiary/aromatic N) is 2. The Morgan fingerprint density at radius 3 is 2.68 bits per heavy atom. The molecule has 8 heteroatoms. The van der Waals surface area contributed by atoms with Crippen LogP contribution in [0.1, 0.15) is 30.0 Å². The number of carbonyl (C=O) groups excluding carboxylic acids is 1. The molecular formula is C17H15F3IN3O. The summed E-state index contributed by atoms with van der Waals surface area (Å²) in [6.07, 6.45) is -0.121. The maximum atomic E-state index is 13.7. The number of halogens is 4. The van der Waals surface area contributed by atoms with E-state index in [-0.39, 0.29) is 34.8 Å². The van der Waals surface area contributed by atoms with Gasteiger partial charge in [0.15, 0.2) is 0 Å². The van der Waals surface area contributed by atoms with Gasteiger partial charge in [-0.15, -0.1) is 5.73 Å². The molecule has 1 N–H and O–H groups in total. The van der Waals surface area contributed by atoms with Gasteiger partial charge in [-0.1, -0.05) is 13.5 Å². The fourth-order valence-electron chi connectivity index (χ4n) is 2.42. The minimum Gasteiger partial charge on any atom is -0.325 e. The number of amides is 1. The summed E-state index contributed by atoms with van der Waals surface area (Å²) < 4.78 is 43.0. The number of aromatic nitrogens is 2. The maximum absolute atomic E-state index is 13.7. The van der Waals surface area contributed by atoms with Gasteiger partial charge in [-0.25, -0.2) is 4.68 Å². The first kappa shape index (κ1) is 19.3. The van der Waals surface area contributed by atoms with Gasteiger partial charge in [0, 0.05) is 18.2 Å². The second-order valence-electron chi connectivity index (χ2n) is 5.21. The second kappa shape index (κ2) is 7.45. The highest BCUT2D eigenvalue weighted by Gasteiger charge is 2.37. The number of carbonyl (C=O) groups is 1. The molecule has 1 aromatic carbocycles. The Bertz CT molecular complexity index is 865. The van der Waals surface area contributed by atoms with Crippen molar-refractivity contribution in [3.8, 4) is 5.69 Å². The zero-order chi connectivity index (χ0) is 18.8. The Morgan fingerprint density at radius 1 is 1.52 bits per heavy atom. The number of anilines is 1. The summed E-state index contributed by atoms with van der Waals surface area (Å²) in [5.41, 5.74) is 1.96. The van der Waals surface area contributed by atoms with Gasteiger partial charge >= 0.3 is 6.18 Å². The van der Waals surface area contributed by atoms with Crippen LogP contribution in [-0.4, -0.2) is 15.7 Å². The molecule has 0 spiro atoms. The highest BCUT2D eigenvalue weighted by Crippen LogP contribution is 2.40. The lowest BCUT2D eigenvalue weighted by molar-refractivity contribution is -0.138. The molecule has 1 aromatic heterocycles. The Labute approximate surface area is 156 Å². The Balaban J connectivity index is 2.84. The molecule has 4 nitrogen and oxygen atoms in total. The zero-order valence-corrected chi connectivity index (χ0v) is 15.7. The standard InChI is InChI=1S/C17H15F3IN3O/c1-4-6-12-10(3)16(17(18,19)20)14(24-9-11(21)8-22-24)7-13(12)23-15(25)5-2/h6-9H,1,5H2,2-3H3,(H,23,25). The van der Waals surface area contributed by atoms with Gasteiger partial charge in [-0.05, 0) is 47.2 Å². The van der Waals surface area contributed by atoms with Crippen LogP contribution in [0.15, 0.2) is 30.8 Å². The van der Waals surface area contributed by atoms with Gasteiger partial charge in [-0.3, -0.25) is 4.79 Å². The summed E-state index contributed by atoms with van der Waals surface area (Å²) in [5, 5.41) is 6.61. The summed E-state index contributed by atoms with van der Waals surface area (Å²) in [6.45, 7) is 6.43. The smallest absolute Gasteiger partial charge is 0.325 e. The monoisotopic (exact) mass is 461 g/mol. The van der Waals surface area contributed by atoms with Gasteiger partial charge < -0.3 is 5.32 Å². The van der Waals surface area contributed by atoms with Crippen molar-refractivity contribution in [1.82, 2.24) is 9.78 Å². The fraction of sp³-hybridized carbons (Fsp3) is 0.235. The van der Waals surface area contributed by atoms with Crippen molar-refractivity contribution in [2.24, 2.45) is 0 Å². The van der Waals surface area contributed by atoms with Crippen LogP contribution in [0.2, 0.25) is 0 Å². The summed E-state index contributed by atoms with van der Waals surface area (Å²) in [7, 11) is 0. The lowest BCUT2D eigenvalue weighted by Crippen LogP contribution is -2.17. The van der Waals surface area contributed by atoms with Crippen molar-refractivity contribution in [2.75, 3.05) is 5.32 Å². The minimum atomic E-state index is -4.59. The number of hydrogen-bond acceptors (Lipinski definition) is 2. The summed E-state index contributed by atoms with van der Waals surface area (Å²) >= 11 is 1.96. The first-order valence-electron chi connectivity index (χ1n) is 7.30. The molecule has 132 valence electrons. The van der Waals surface area contributed by atoms with Gasteiger partial charge in [0.2, 0.25) is 5.91 Å². The quantitative estimate of drug-likeness (QED) is 0.518. The van der Waals surface area contributed by atoms with Crippen molar-refractivity contribution in [3.05, 3.63) is 51.0 Å². The van der Waals surface area contributed by atoms with E-state index >= 15 is 0 Å². The summed E-state index contributed by atoms with van der Waals surface area (Å²) in [5.74, 6) is -0.307. The molecular weight excluding hydrogens is 446 g/mol. The Kier molecular flexibility index (Phi) is 5.74. The molecule has 0 unspecified atom stereocenters. The molecule has 0 bridgehead atoms. The predicted octanol–water partition coefficient (Wildman–Crippen LogP) is 4.95. The molecule has 1 amide bonds. The topological polar surface area (TPSA) is 46.9 Å². The number of nitrogens with one attached hydrogen (secondary N) is 1. The average molecular weight is 461 g/mol. The van der Waals surface area contributed by atoms with Crippen LogP contribution in [0.25, 0.3) is 11.8 Å². The molecule has 2 aromatic rings. The van der Waals surface area contributed by atoms with Crippen molar-refractivity contribution < 1.29 is 18.0 Å². The summed E-state index contributed by atoms with van der Waals surface area (Å²) in [4.78, 5) is 11.8. The van der Waals surface area contributed by atoms with Crippen LogP contribution in [-0.2, 0) is 11.0 Å². The molecule has 0 saturated heterocycles. The van der Waals surface area contributed by atoms with E-state index in [1.54, 1.807) is 6.92 Å². The molecule has 0 radical (unpaired) electrons. The average Bonchev–Trinajstić information content (AvgIpc) is 2.95. The minimum absolute atomic E-state index is 0.0296. The molecule has 0 aliphatic heterocycles. The lowest BCUT2D eigenvalue weighted by atomic mass is 9.97. The van der Waals surface area contributed by atoms with E-state index in [2.05, 4.69) is 22.7 Å². The third kappa shape index (κ3) is 4.13. The maximum Gasteiger partial charge on any atom is 0.418 e. The third-order valence-corrected chi connectivity index (χ3v) is 4.09.